The number of hydrogen-bond donors (Lipinski definition) is 2. The molecule has 14 heavy (non-hydrogen) atoms. The quantitative estimate of drug-likeness (QED) is 0.758. The van der Waals surface area contributed by atoms with E-state index >= 15 is 0 Å². The molecule has 0 spiro atoms. The Bertz CT molecular complexity index is 316. The molecule has 0 amide bonds. The van der Waals surface area contributed by atoms with Crippen LogP contribution in [0.3, 0.4) is 0 Å². The van der Waals surface area contributed by atoms with E-state index < -0.39 is 18.0 Å². The van der Waals surface area contributed by atoms with E-state index in [1.807, 2.05) is 0 Å². The van der Waals surface area contributed by atoms with Gasteiger partial charge in [0.05, 0.1) is 4.88 Å². The van der Waals surface area contributed by atoms with Crippen molar-refractivity contribution >= 4 is 17.1 Å². The Labute approximate surface area is 81.9 Å². The maximum absolute atomic E-state index is 11.8. The molecule has 1 heterocycles. The van der Waals surface area contributed by atoms with Gasteiger partial charge in [0.15, 0.2) is 6.10 Å². The van der Waals surface area contributed by atoms with Gasteiger partial charge in [-0.3, -0.25) is 0 Å². The molecule has 1 unspecified atom stereocenters. The van der Waals surface area contributed by atoms with Gasteiger partial charge >= 0.3 is 6.18 Å². The minimum Gasteiger partial charge on any atom is -0.507 e. The van der Waals surface area contributed by atoms with Crippen molar-refractivity contribution in [1.82, 2.24) is 0 Å². The first-order chi connectivity index (χ1) is 6.41. The van der Waals surface area contributed by atoms with Crippen LogP contribution in [0.2, 0.25) is 0 Å². The van der Waals surface area contributed by atoms with Gasteiger partial charge in [-0.05, 0) is 17.5 Å². The predicted octanol–water partition coefficient (Wildman–Crippen LogP) is 2.57. The molecule has 1 aromatic rings. The molecule has 0 fully saturated rings. The van der Waals surface area contributed by atoms with Crippen LogP contribution in [0.15, 0.2) is 23.6 Å². The summed E-state index contributed by atoms with van der Waals surface area (Å²) in [6.07, 6.45) is -7.01. The molecule has 0 saturated carbocycles. The van der Waals surface area contributed by atoms with Crippen LogP contribution in [0, 0.1) is 0 Å². The normalized spacial score (nSPS) is 15.6. The summed E-state index contributed by atoms with van der Waals surface area (Å²) in [7, 11) is 0. The van der Waals surface area contributed by atoms with Gasteiger partial charge in [0.25, 0.3) is 0 Å². The Kier molecular flexibility index (Phi) is 3.17. The molecule has 6 heteroatoms. The van der Waals surface area contributed by atoms with E-state index in [0.717, 1.165) is 11.3 Å². The van der Waals surface area contributed by atoms with Crippen LogP contribution in [-0.4, -0.2) is 22.5 Å². The zero-order chi connectivity index (χ0) is 10.8. The SMILES string of the molecule is O/C(=C\C(O)C(F)(F)F)c1cccs1. The molecule has 78 valence electrons. The zero-order valence-electron chi connectivity index (χ0n) is 6.82. The third kappa shape index (κ3) is 2.74. The summed E-state index contributed by atoms with van der Waals surface area (Å²) in [5.74, 6) is -0.565. The molecule has 0 bridgehead atoms. The van der Waals surface area contributed by atoms with E-state index in [9.17, 15) is 13.2 Å². The molecule has 1 rings (SSSR count). The molecule has 0 saturated heterocycles. The number of hydrogen-bond acceptors (Lipinski definition) is 3. The van der Waals surface area contributed by atoms with Crippen LogP contribution in [0.1, 0.15) is 4.88 Å². The average Bonchev–Trinajstić information content (AvgIpc) is 2.53. The molecule has 1 atom stereocenters. The lowest BCUT2D eigenvalue weighted by Crippen LogP contribution is -2.26. The van der Waals surface area contributed by atoms with Gasteiger partial charge in [-0.25, -0.2) is 0 Å². The molecule has 0 radical (unpaired) electrons. The van der Waals surface area contributed by atoms with Gasteiger partial charge in [0.2, 0.25) is 0 Å². The lowest BCUT2D eigenvalue weighted by Gasteiger charge is -2.10. The first kappa shape index (κ1) is 11.1. The van der Waals surface area contributed by atoms with Crippen molar-refractivity contribution in [1.29, 1.82) is 0 Å². The lowest BCUT2D eigenvalue weighted by atomic mass is 10.2. The molecule has 0 aromatic carbocycles. The van der Waals surface area contributed by atoms with E-state index in [4.69, 9.17) is 10.2 Å². The van der Waals surface area contributed by atoms with Crippen LogP contribution in [0.5, 0.6) is 0 Å². The smallest absolute Gasteiger partial charge is 0.418 e. The summed E-state index contributed by atoms with van der Waals surface area (Å²) in [4.78, 5) is 0.285. The Hall–Kier alpha value is -1.01. The van der Waals surface area contributed by atoms with Crippen molar-refractivity contribution in [3.63, 3.8) is 0 Å². The van der Waals surface area contributed by atoms with Gasteiger partial charge in [-0.15, -0.1) is 11.3 Å². The highest BCUT2D eigenvalue weighted by Gasteiger charge is 2.37. The largest absolute Gasteiger partial charge is 0.507 e. The van der Waals surface area contributed by atoms with Gasteiger partial charge in [0.1, 0.15) is 5.76 Å². The second-order valence-electron chi connectivity index (χ2n) is 2.52. The number of alkyl halides is 3. The second kappa shape index (κ2) is 4.02. The summed E-state index contributed by atoms with van der Waals surface area (Å²) in [6.45, 7) is 0. The van der Waals surface area contributed by atoms with Crippen LogP contribution in [-0.2, 0) is 0 Å². The lowest BCUT2D eigenvalue weighted by molar-refractivity contribution is -0.187. The van der Waals surface area contributed by atoms with Crippen molar-refractivity contribution in [3.05, 3.63) is 28.5 Å². The van der Waals surface area contributed by atoms with Crippen molar-refractivity contribution in [2.75, 3.05) is 0 Å². The Morgan fingerprint density at radius 1 is 1.50 bits per heavy atom. The van der Waals surface area contributed by atoms with E-state index in [1.165, 1.54) is 6.07 Å². The Morgan fingerprint density at radius 2 is 2.14 bits per heavy atom. The van der Waals surface area contributed by atoms with Crippen LogP contribution in [0.4, 0.5) is 13.2 Å². The standard InChI is InChI=1S/C8H7F3O2S/c9-8(10,11)7(13)4-5(12)6-2-1-3-14-6/h1-4,7,12-13H/b5-4-. The summed E-state index contributed by atoms with van der Waals surface area (Å²) in [5, 5.41) is 19.4. The van der Waals surface area contributed by atoms with Crippen LogP contribution >= 0.6 is 11.3 Å². The van der Waals surface area contributed by atoms with E-state index in [2.05, 4.69) is 0 Å². The molecular weight excluding hydrogens is 217 g/mol. The van der Waals surface area contributed by atoms with Crippen molar-refractivity contribution < 1.29 is 23.4 Å². The number of halogens is 3. The number of thiophene rings is 1. The molecular formula is C8H7F3O2S. The summed E-state index contributed by atoms with van der Waals surface area (Å²) < 4.78 is 35.5. The third-order valence-corrected chi connectivity index (χ3v) is 2.32. The summed E-state index contributed by atoms with van der Waals surface area (Å²) in [6, 6.07) is 3.05. The summed E-state index contributed by atoms with van der Waals surface area (Å²) >= 11 is 1.09. The van der Waals surface area contributed by atoms with Crippen LogP contribution in [0.25, 0.3) is 5.76 Å². The molecule has 0 aliphatic heterocycles. The van der Waals surface area contributed by atoms with Crippen molar-refractivity contribution in [2.45, 2.75) is 12.3 Å². The Balaban J connectivity index is 2.79. The van der Waals surface area contributed by atoms with Crippen molar-refractivity contribution in [3.8, 4) is 0 Å². The van der Waals surface area contributed by atoms with E-state index in [1.54, 1.807) is 11.4 Å². The predicted molar refractivity (Wildman–Crippen MR) is 47.0 cm³/mol. The van der Waals surface area contributed by atoms with Gasteiger partial charge in [-0.2, -0.15) is 13.2 Å². The molecule has 0 aliphatic rings. The van der Waals surface area contributed by atoms with Crippen molar-refractivity contribution in [2.24, 2.45) is 0 Å². The fourth-order valence-corrected chi connectivity index (χ4v) is 1.40. The van der Waals surface area contributed by atoms with Gasteiger partial charge < -0.3 is 10.2 Å². The number of aliphatic hydroxyl groups is 2. The number of aliphatic hydroxyl groups excluding tert-OH is 2. The zero-order valence-corrected chi connectivity index (χ0v) is 7.64. The third-order valence-electron chi connectivity index (χ3n) is 1.42. The minimum atomic E-state index is -4.74. The highest BCUT2D eigenvalue weighted by Crippen LogP contribution is 2.24. The topological polar surface area (TPSA) is 40.5 Å². The maximum Gasteiger partial charge on any atom is 0.418 e. The van der Waals surface area contributed by atoms with Gasteiger partial charge in [0, 0.05) is 0 Å². The summed E-state index contributed by atoms with van der Waals surface area (Å²) in [5.41, 5.74) is 0. The highest BCUT2D eigenvalue weighted by molar-refractivity contribution is 7.11. The maximum atomic E-state index is 11.8. The Morgan fingerprint density at radius 3 is 2.57 bits per heavy atom. The second-order valence-corrected chi connectivity index (χ2v) is 3.46. The minimum absolute atomic E-state index is 0.285. The fraction of sp³-hybridized carbons (Fsp3) is 0.250. The monoisotopic (exact) mass is 224 g/mol. The van der Waals surface area contributed by atoms with E-state index in [0.29, 0.717) is 6.08 Å². The first-order valence-electron chi connectivity index (χ1n) is 3.60. The van der Waals surface area contributed by atoms with Gasteiger partial charge in [-0.1, -0.05) is 6.07 Å². The molecule has 2 N–H and O–H groups in total. The average molecular weight is 224 g/mol. The molecule has 2 nitrogen and oxygen atoms in total. The number of rotatable bonds is 2. The van der Waals surface area contributed by atoms with E-state index in [-0.39, 0.29) is 4.88 Å². The fourth-order valence-electron chi connectivity index (χ4n) is 0.750. The highest BCUT2D eigenvalue weighted by atomic mass is 32.1. The first-order valence-corrected chi connectivity index (χ1v) is 4.48. The molecule has 0 aliphatic carbocycles. The molecule has 1 aromatic heterocycles. The van der Waals surface area contributed by atoms with Crippen LogP contribution < -0.4 is 0 Å².